The van der Waals surface area contributed by atoms with E-state index in [9.17, 15) is 8.42 Å². The van der Waals surface area contributed by atoms with Gasteiger partial charge in [-0.25, -0.2) is 0 Å². The molecule has 0 aliphatic rings. The first-order valence-corrected chi connectivity index (χ1v) is 2.77. The fourth-order valence-electron chi connectivity index (χ4n) is 0. The Hall–Kier alpha value is 0.359. The molecule has 0 amide bonds. The van der Waals surface area contributed by atoms with E-state index < -0.39 is 10.1 Å². The molecule has 3 nitrogen and oxygen atoms in total. The molecule has 0 aliphatic carbocycles. The number of rotatable bonds is 0. The van der Waals surface area contributed by atoms with Gasteiger partial charge in [0.2, 0.25) is 0 Å². The minimum Gasteiger partial charge on any atom is -0.286 e. The molecule has 0 fully saturated rings. The Morgan fingerprint density at radius 1 is 1.43 bits per heavy atom. The van der Waals surface area contributed by atoms with Crippen molar-refractivity contribution in [3.8, 4) is 0 Å². The molecule has 0 bridgehead atoms. The largest absolute Gasteiger partial charge is 0.286 e. The van der Waals surface area contributed by atoms with Crippen LogP contribution in [-0.4, -0.2) is 19.2 Å². The van der Waals surface area contributed by atoms with Crippen molar-refractivity contribution in [1.29, 1.82) is 0 Å². The Bertz CT molecular complexity index is 98.1. The zero-order valence-corrected chi connectivity index (χ0v) is 5.42. The van der Waals surface area contributed by atoms with E-state index in [1.807, 2.05) is 0 Å². The van der Waals surface area contributed by atoms with Crippen molar-refractivity contribution >= 4 is 10.1 Å². The van der Waals surface area contributed by atoms with Gasteiger partial charge in [-0.1, -0.05) is 0 Å². The van der Waals surface area contributed by atoms with Gasteiger partial charge in [-0.2, -0.15) is 8.42 Å². The molecule has 0 heterocycles. The summed E-state index contributed by atoms with van der Waals surface area (Å²) in [5.41, 5.74) is 0. The van der Waals surface area contributed by atoms with Crippen molar-refractivity contribution in [1.82, 2.24) is 0 Å². The van der Waals surface area contributed by atoms with Gasteiger partial charge >= 0.3 is 0 Å². The molecule has 0 saturated carbocycles. The Labute approximate surface area is 51.7 Å². The SMILES string of the molecule is CS(=O)(=O)O.[F].[Mn]. The van der Waals surface area contributed by atoms with Crippen LogP contribution in [0.5, 0.6) is 0 Å². The van der Waals surface area contributed by atoms with Crippen LogP contribution in [0.15, 0.2) is 0 Å². The van der Waals surface area contributed by atoms with E-state index in [-0.39, 0.29) is 21.8 Å². The maximum Gasteiger partial charge on any atom is 0.261 e. The van der Waals surface area contributed by atoms with Gasteiger partial charge in [-0.05, 0) is 0 Å². The minimum atomic E-state index is -3.67. The fraction of sp³-hybridized carbons (Fsp3) is 1.00. The van der Waals surface area contributed by atoms with Crippen LogP contribution in [0, 0.1) is 0 Å². The molecule has 46 valence electrons. The summed E-state index contributed by atoms with van der Waals surface area (Å²) in [7, 11) is -3.67. The molecule has 2 radical (unpaired) electrons. The van der Waals surface area contributed by atoms with E-state index in [4.69, 9.17) is 4.55 Å². The maximum absolute atomic E-state index is 9.19. The summed E-state index contributed by atoms with van der Waals surface area (Å²) >= 11 is 0. The predicted molar refractivity (Wildman–Crippen MR) is 18.6 cm³/mol. The fourth-order valence-corrected chi connectivity index (χ4v) is 0. The molecule has 0 aliphatic heterocycles. The van der Waals surface area contributed by atoms with Gasteiger partial charge in [-0.3, -0.25) is 4.55 Å². The number of halogens is 1. The Balaban J connectivity index is -0.0000000800. The first-order chi connectivity index (χ1) is 2.00. The Kier molecular flexibility index (Phi) is 10.1. The topological polar surface area (TPSA) is 54.4 Å². The molecule has 7 heavy (non-hydrogen) atoms. The molecule has 0 aromatic rings. The van der Waals surface area contributed by atoms with Crippen LogP contribution in [0.2, 0.25) is 0 Å². The number of hydrogen-bond acceptors (Lipinski definition) is 2. The maximum atomic E-state index is 9.19. The van der Waals surface area contributed by atoms with Crippen LogP contribution in [-0.2, 0) is 27.2 Å². The van der Waals surface area contributed by atoms with Crippen LogP contribution in [0.1, 0.15) is 0 Å². The molecule has 1 N–H and O–H groups in total. The second-order valence-corrected chi connectivity index (χ2v) is 2.20. The monoisotopic (exact) mass is 170 g/mol. The quantitative estimate of drug-likeness (QED) is 0.408. The summed E-state index contributed by atoms with van der Waals surface area (Å²) in [4.78, 5) is 0. The molecular weight excluding hydrogens is 166 g/mol. The average Bonchev–Trinajstić information content (AvgIpc) is 0.722. The van der Waals surface area contributed by atoms with Crippen LogP contribution in [0.25, 0.3) is 0 Å². The molecule has 0 saturated heterocycles. The molecule has 0 rings (SSSR count). The zero-order chi connectivity index (χ0) is 4.50. The molecule has 0 atom stereocenters. The first kappa shape index (κ1) is 15.7. The van der Waals surface area contributed by atoms with Gasteiger partial charge in [0.1, 0.15) is 0 Å². The Morgan fingerprint density at radius 3 is 1.43 bits per heavy atom. The van der Waals surface area contributed by atoms with Crippen molar-refractivity contribution in [2.75, 3.05) is 6.26 Å². The molecule has 0 aromatic carbocycles. The summed E-state index contributed by atoms with van der Waals surface area (Å²) in [6.45, 7) is 0. The molecular formula is CH4FMnO3S. The third-order valence-corrected chi connectivity index (χ3v) is 0. The smallest absolute Gasteiger partial charge is 0.261 e. The van der Waals surface area contributed by atoms with Crippen molar-refractivity contribution < 1.29 is 34.7 Å². The second kappa shape index (κ2) is 4.52. The zero-order valence-electron chi connectivity index (χ0n) is 3.43. The summed E-state index contributed by atoms with van der Waals surface area (Å²) in [5.74, 6) is 0. The van der Waals surface area contributed by atoms with E-state index in [1.54, 1.807) is 0 Å². The third kappa shape index (κ3) is 935. The van der Waals surface area contributed by atoms with Gasteiger partial charge < -0.3 is 0 Å². The summed E-state index contributed by atoms with van der Waals surface area (Å²) < 4.78 is 25.9. The van der Waals surface area contributed by atoms with E-state index in [0.29, 0.717) is 6.26 Å². The van der Waals surface area contributed by atoms with Crippen LogP contribution in [0.3, 0.4) is 0 Å². The second-order valence-electron chi connectivity index (χ2n) is 0.733. The molecule has 0 unspecified atom stereocenters. The van der Waals surface area contributed by atoms with Crippen molar-refractivity contribution in [3.63, 3.8) is 0 Å². The van der Waals surface area contributed by atoms with Crippen LogP contribution >= 0.6 is 0 Å². The van der Waals surface area contributed by atoms with Crippen molar-refractivity contribution in [3.05, 3.63) is 0 Å². The normalized spacial score (nSPS) is 8.29. The predicted octanol–water partition coefficient (Wildman–Crippen LogP) is -0.0783. The molecule has 0 spiro atoms. The standard InChI is InChI=1S/CH4O3S.F.Mn/c1-5(2,3)4;;/h1H3,(H,2,3,4);;. The third-order valence-electron chi connectivity index (χ3n) is 0. The van der Waals surface area contributed by atoms with Crippen LogP contribution < -0.4 is 0 Å². The van der Waals surface area contributed by atoms with E-state index in [0.717, 1.165) is 0 Å². The van der Waals surface area contributed by atoms with E-state index in [2.05, 4.69) is 0 Å². The van der Waals surface area contributed by atoms with Crippen molar-refractivity contribution in [2.24, 2.45) is 0 Å². The Morgan fingerprint density at radius 2 is 1.43 bits per heavy atom. The molecule has 0 aromatic heterocycles. The van der Waals surface area contributed by atoms with Gasteiger partial charge in [0.25, 0.3) is 10.1 Å². The van der Waals surface area contributed by atoms with Crippen molar-refractivity contribution in [2.45, 2.75) is 0 Å². The number of hydrogen-bond donors (Lipinski definition) is 1. The summed E-state index contributed by atoms with van der Waals surface area (Å²) in [6, 6.07) is 0. The molecule has 6 heteroatoms. The van der Waals surface area contributed by atoms with Gasteiger partial charge in [0.15, 0.2) is 0 Å². The summed E-state index contributed by atoms with van der Waals surface area (Å²) in [6.07, 6.45) is 0.715. The van der Waals surface area contributed by atoms with E-state index >= 15 is 0 Å². The summed E-state index contributed by atoms with van der Waals surface area (Å²) in [5, 5.41) is 0. The van der Waals surface area contributed by atoms with E-state index in [1.165, 1.54) is 0 Å². The van der Waals surface area contributed by atoms with Gasteiger partial charge in [-0.15, -0.1) is 0 Å². The van der Waals surface area contributed by atoms with Gasteiger partial charge in [0.05, 0.1) is 6.26 Å². The minimum absolute atomic E-state index is 0. The van der Waals surface area contributed by atoms with Gasteiger partial charge in [0, 0.05) is 21.8 Å². The first-order valence-electron chi connectivity index (χ1n) is 0.924. The van der Waals surface area contributed by atoms with Crippen LogP contribution in [0.4, 0.5) is 4.70 Å². The average molecular weight is 170 g/mol.